The van der Waals surface area contributed by atoms with Crippen LogP contribution in [0.25, 0.3) is 0 Å². The molecule has 0 spiro atoms. The van der Waals surface area contributed by atoms with Crippen molar-refractivity contribution < 1.29 is 13.9 Å². The third kappa shape index (κ3) is 4.60. The van der Waals surface area contributed by atoms with Gasteiger partial charge in [-0.25, -0.2) is 9.07 Å². The highest BCUT2D eigenvalue weighted by atomic mass is 32.2. The van der Waals surface area contributed by atoms with Crippen LogP contribution in [0.4, 0.5) is 10.1 Å². The van der Waals surface area contributed by atoms with Crippen LogP contribution in [0.2, 0.25) is 0 Å². The fraction of sp³-hybridized carbons (Fsp3) is 0.160. The molecule has 2 heterocycles. The Bertz CT molecular complexity index is 1300. The molecule has 2 N–H and O–H groups in total. The molecule has 4 aromatic rings. The lowest BCUT2D eigenvalue weighted by atomic mass is 10.0. The van der Waals surface area contributed by atoms with E-state index in [0.717, 1.165) is 16.8 Å². The summed E-state index contributed by atoms with van der Waals surface area (Å²) in [5.74, 6) is 0.762. The van der Waals surface area contributed by atoms with E-state index in [1.54, 1.807) is 16.8 Å². The van der Waals surface area contributed by atoms with Crippen LogP contribution in [0.1, 0.15) is 23.0 Å². The van der Waals surface area contributed by atoms with Crippen molar-refractivity contribution >= 4 is 23.4 Å². The minimum absolute atomic E-state index is 0.183. The van der Waals surface area contributed by atoms with E-state index in [1.165, 1.54) is 23.9 Å². The van der Waals surface area contributed by atoms with Crippen LogP contribution in [-0.4, -0.2) is 26.0 Å². The minimum atomic E-state index is -0.565. The zero-order chi connectivity index (χ0) is 23.5. The average molecular weight is 476 g/mol. The summed E-state index contributed by atoms with van der Waals surface area (Å²) in [5.41, 5.74) is 5.84. The summed E-state index contributed by atoms with van der Waals surface area (Å²) in [6, 6.07) is 22.7. The molecule has 7 nitrogen and oxygen atoms in total. The van der Waals surface area contributed by atoms with Gasteiger partial charge in [0.25, 0.3) is 0 Å². The SMILES string of the molecule is Cc1ccccc1NC(=O)[C@H]1Sc2nnc(COc3ccccc3)n2N[C@@H]1c1ccc(F)cc1. The molecule has 172 valence electrons. The molecule has 5 rings (SSSR count). The quantitative estimate of drug-likeness (QED) is 0.421. The van der Waals surface area contributed by atoms with Gasteiger partial charge in [-0.05, 0) is 48.4 Å². The van der Waals surface area contributed by atoms with E-state index in [9.17, 15) is 9.18 Å². The van der Waals surface area contributed by atoms with Crippen LogP contribution in [0.5, 0.6) is 5.75 Å². The van der Waals surface area contributed by atoms with Gasteiger partial charge < -0.3 is 15.5 Å². The van der Waals surface area contributed by atoms with Crippen molar-refractivity contribution in [2.24, 2.45) is 0 Å². The zero-order valence-electron chi connectivity index (χ0n) is 18.3. The van der Waals surface area contributed by atoms with Crippen molar-refractivity contribution in [2.45, 2.75) is 30.0 Å². The third-order valence-electron chi connectivity index (χ3n) is 5.51. The van der Waals surface area contributed by atoms with E-state index in [1.807, 2.05) is 61.5 Å². The number of carbonyl (C=O) groups is 1. The number of amides is 1. The minimum Gasteiger partial charge on any atom is -0.486 e. The van der Waals surface area contributed by atoms with Crippen molar-refractivity contribution in [3.8, 4) is 5.75 Å². The number of aryl methyl sites for hydroxylation is 1. The first-order chi connectivity index (χ1) is 16.6. The molecular formula is C25H22FN5O2S. The van der Waals surface area contributed by atoms with Gasteiger partial charge in [0.15, 0.2) is 5.82 Å². The number of rotatable bonds is 6. The summed E-state index contributed by atoms with van der Waals surface area (Å²) in [6.07, 6.45) is 0. The molecule has 0 fully saturated rings. The van der Waals surface area contributed by atoms with Crippen molar-refractivity contribution in [2.75, 3.05) is 10.7 Å². The van der Waals surface area contributed by atoms with Crippen molar-refractivity contribution in [1.82, 2.24) is 14.9 Å². The molecule has 2 atom stereocenters. The monoisotopic (exact) mass is 475 g/mol. The maximum atomic E-state index is 13.6. The molecule has 0 bridgehead atoms. The molecule has 0 saturated heterocycles. The number of ether oxygens (including phenoxy) is 1. The summed E-state index contributed by atoms with van der Waals surface area (Å²) >= 11 is 1.31. The zero-order valence-corrected chi connectivity index (χ0v) is 19.1. The number of benzene rings is 3. The van der Waals surface area contributed by atoms with Gasteiger partial charge in [0, 0.05) is 5.69 Å². The van der Waals surface area contributed by atoms with E-state index in [-0.39, 0.29) is 18.3 Å². The van der Waals surface area contributed by atoms with Gasteiger partial charge in [0.2, 0.25) is 11.1 Å². The van der Waals surface area contributed by atoms with Crippen LogP contribution in [-0.2, 0) is 11.4 Å². The van der Waals surface area contributed by atoms with E-state index >= 15 is 0 Å². The van der Waals surface area contributed by atoms with Crippen molar-refractivity contribution in [3.63, 3.8) is 0 Å². The summed E-state index contributed by atoms with van der Waals surface area (Å²) in [7, 11) is 0. The Morgan fingerprint density at radius 3 is 2.56 bits per heavy atom. The third-order valence-corrected chi connectivity index (χ3v) is 6.72. The number of aromatic nitrogens is 3. The van der Waals surface area contributed by atoms with Gasteiger partial charge >= 0.3 is 0 Å². The Balaban J connectivity index is 1.43. The summed E-state index contributed by atoms with van der Waals surface area (Å²) in [5, 5.41) is 11.5. The molecule has 34 heavy (non-hydrogen) atoms. The average Bonchev–Trinajstić information content (AvgIpc) is 3.26. The lowest BCUT2D eigenvalue weighted by Gasteiger charge is -2.33. The number of thioether (sulfide) groups is 1. The Hall–Kier alpha value is -3.85. The van der Waals surface area contributed by atoms with Gasteiger partial charge in [-0.15, -0.1) is 10.2 Å². The highest BCUT2D eigenvalue weighted by Crippen LogP contribution is 2.38. The molecule has 0 aliphatic carbocycles. The van der Waals surface area contributed by atoms with E-state index < -0.39 is 11.3 Å². The molecule has 1 aliphatic rings. The molecule has 1 aliphatic heterocycles. The number of anilines is 1. The predicted molar refractivity (Wildman–Crippen MR) is 129 cm³/mol. The first-order valence-corrected chi connectivity index (χ1v) is 11.6. The molecule has 0 unspecified atom stereocenters. The molecular weight excluding hydrogens is 453 g/mol. The fourth-order valence-corrected chi connectivity index (χ4v) is 4.79. The molecule has 3 aromatic carbocycles. The normalized spacial score (nSPS) is 16.9. The second kappa shape index (κ2) is 9.56. The Labute approximate surface area is 200 Å². The Kier molecular flexibility index (Phi) is 6.18. The molecule has 1 amide bonds. The van der Waals surface area contributed by atoms with Crippen LogP contribution >= 0.6 is 11.8 Å². The summed E-state index contributed by atoms with van der Waals surface area (Å²) in [4.78, 5) is 13.4. The molecule has 1 aromatic heterocycles. The van der Waals surface area contributed by atoms with Gasteiger partial charge in [-0.2, -0.15) is 0 Å². The van der Waals surface area contributed by atoms with Gasteiger partial charge in [0.05, 0.1) is 6.04 Å². The number of hydrogen-bond acceptors (Lipinski definition) is 6. The van der Waals surface area contributed by atoms with Crippen LogP contribution < -0.4 is 15.5 Å². The standard InChI is InChI=1S/C25H22FN5O2S/c1-16-7-5-6-10-20(16)27-24(32)23-22(17-11-13-18(26)14-12-17)30-31-21(28-29-25(31)34-23)15-33-19-8-3-2-4-9-19/h2-14,22-23,30H,15H2,1H3,(H,27,32)/t22-,23+/m1/s1. The second-order valence-electron chi connectivity index (χ2n) is 7.84. The van der Waals surface area contributed by atoms with Crippen molar-refractivity contribution in [3.05, 3.63) is 102 Å². The van der Waals surface area contributed by atoms with Crippen LogP contribution in [0, 0.1) is 12.7 Å². The summed E-state index contributed by atoms with van der Waals surface area (Å²) in [6.45, 7) is 2.13. The summed E-state index contributed by atoms with van der Waals surface area (Å²) < 4.78 is 21.2. The van der Waals surface area contributed by atoms with E-state index in [0.29, 0.717) is 16.7 Å². The van der Waals surface area contributed by atoms with E-state index in [4.69, 9.17) is 4.74 Å². The largest absolute Gasteiger partial charge is 0.486 e. The fourth-order valence-electron chi connectivity index (χ4n) is 3.69. The predicted octanol–water partition coefficient (Wildman–Crippen LogP) is 4.70. The maximum Gasteiger partial charge on any atom is 0.240 e. The number of hydrogen-bond donors (Lipinski definition) is 2. The highest BCUT2D eigenvalue weighted by molar-refractivity contribution is 8.00. The Morgan fingerprint density at radius 2 is 1.79 bits per heavy atom. The second-order valence-corrected chi connectivity index (χ2v) is 8.95. The highest BCUT2D eigenvalue weighted by Gasteiger charge is 2.38. The number of para-hydroxylation sites is 2. The van der Waals surface area contributed by atoms with Gasteiger partial charge in [-0.1, -0.05) is 60.3 Å². The Morgan fingerprint density at radius 1 is 1.06 bits per heavy atom. The van der Waals surface area contributed by atoms with Gasteiger partial charge in [-0.3, -0.25) is 4.79 Å². The lowest BCUT2D eigenvalue weighted by Crippen LogP contribution is -2.41. The number of halogens is 1. The smallest absolute Gasteiger partial charge is 0.240 e. The topological polar surface area (TPSA) is 81.1 Å². The molecule has 0 radical (unpaired) electrons. The number of carbonyl (C=O) groups excluding carboxylic acids is 1. The van der Waals surface area contributed by atoms with Gasteiger partial charge in [0.1, 0.15) is 23.4 Å². The van der Waals surface area contributed by atoms with E-state index in [2.05, 4.69) is 20.9 Å². The number of nitrogens with one attached hydrogen (secondary N) is 2. The van der Waals surface area contributed by atoms with Crippen LogP contribution in [0.3, 0.4) is 0 Å². The first kappa shape index (κ1) is 22.0. The number of fused-ring (bicyclic) bond motifs is 1. The first-order valence-electron chi connectivity index (χ1n) is 10.8. The molecule has 9 heteroatoms. The van der Waals surface area contributed by atoms with Crippen LogP contribution in [0.15, 0.2) is 84.0 Å². The lowest BCUT2D eigenvalue weighted by molar-refractivity contribution is -0.116. The molecule has 0 saturated carbocycles. The maximum absolute atomic E-state index is 13.6. The number of nitrogens with zero attached hydrogens (tertiary/aromatic N) is 3. The van der Waals surface area contributed by atoms with Crippen molar-refractivity contribution in [1.29, 1.82) is 0 Å².